The fourth-order valence-corrected chi connectivity index (χ4v) is 5.41. The van der Waals surface area contributed by atoms with Gasteiger partial charge in [0.1, 0.15) is 17.9 Å². The van der Waals surface area contributed by atoms with Crippen LogP contribution in [-0.4, -0.2) is 83.1 Å². The molecule has 5 atom stereocenters. The number of hydrogen-bond acceptors (Lipinski definition) is 8. The van der Waals surface area contributed by atoms with Gasteiger partial charge in [0.05, 0.1) is 25.7 Å². The molecule has 1 unspecified atom stereocenters. The molecule has 2 bridgehead atoms. The van der Waals surface area contributed by atoms with Crippen LogP contribution >= 0.6 is 0 Å². The van der Waals surface area contributed by atoms with Crippen molar-refractivity contribution >= 4 is 24.9 Å². The van der Waals surface area contributed by atoms with Crippen molar-refractivity contribution in [3.05, 3.63) is 4.91 Å². The summed E-state index contributed by atoms with van der Waals surface area (Å²) in [5.74, 6) is 0.197. The highest BCUT2D eigenvalue weighted by molar-refractivity contribution is 6.47. The molecule has 0 aromatic rings. The number of rotatable bonds is 16. The Kier molecular flexibility index (Phi) is 14.3. The van der Waals surface area contributed by atoms with Crippen LogP contribution in [0.3, 0.4) is 0 Å². The van der Waals surface area contributed by atoms with Crippen LogP contribution < -0.4 is 26.8 Å². The van der Waals surface area contributed by atoms with Crippen molar-refractivity contribution in [2.24, 2.45) is 34.2 Å². The molecule has 2 saturated heterocycles. The van der Waals surface area contributed by atoms with Crippen molar-refractivity contribution < 1.29 is 33.4 Å². The van der Waals surface area contributed by atoms with Crippen molar-refractivity contribution in [1.29, 1.82) is 0 Å². The monoisotopic (exact) mass is 569 g/mol. The van der Waals surface area contributed by atoms with Crippen LogP contribution in [0.25, 0.3) is 0 Å². The number of ether oxygens (including phenoxy) is 2. The molecule has 1 aliphatic carbocycles. The summed E-state index contributed by atoms with van der Waals surface area (Å²) >= 11 is 0. The minimum absolute atomic E-state index is 0.00766. The maximum Gasteiger partial charge on any atom is 0.481 e. The summed E-state index contributed by atoms with van der Waals surface area (Å²) in [4.78, 5) is 39.3. The Morgan fingerprint density at radius 3 is 2.60 bits per heavy atom. The van der Waals surface area contributed by atoms with Gasteiger partial charge >= 0.3 is 13.1 Å². The van der Waals surface area contributed by atoms with Gasteiger partial charge in [-0.15, -0.1) is 10.3 Å². The average Bonchev–Trinajstić information content (AvgIpc) is 3.00. The summed E-state index contributed by atoms with van der Waals surface area (Å²) < 4.78 is 23.0. The third-order valence-corrected chi connectivity index (χ3v) is 7.97. The number of amides is 2. The Bertz CT molecular complexity index is 846. The zero-order valence-electron chi connectivity index (χ0n) is 25.0. The van der Waals surface area contributed by atoms with E-state index in [1.165, 1.54) is 0 Å². The first kappa shape index (κ1) is 33.9. The van der Waals surface area contributed by atoms with E-state index >= 15 is 0 Å². The van der Waals surface area contributed by atoms with Gasteiger partial charge in [0, 0.05) is 19.8 Å². The quantitative estimate of drug-likeness (QED) is 0.0414. The van der Waals surface area contributed by atoms with E-state index in [0.717, 1.165) is 12.8 Å². The second-order valence-corrected chi connectivity index (χ2v) is 11.9. The van der Waals surface area contributed by atoms with E-state index in [0.29, 0.717) is 50.9 Å². The Labute approximate surface area is 238 Å². The Morgan fingerprint density at radius 1 is 1.20 bits per heavy atom. The predicted molar refractivity (Wildman–Crippen MR) is 151 cm³/mol. The van der Waals surface area contributed by atoms with E-state index in [1.807, 2.05) is 0 Å². The molecule has 2 amide bonds. The van der Waals surface area contributed by atoms with E-state index in [4.69, 9.17) is 24.5 Å². The molecule has 3 aliphatic rings. The van der Waals surface area contributed by atoms with Crippen LogP contribution in [-0.2, 0) is 28.4 Å². The second kappa shape index (κ2) is 16.9. The van der Waals surface area contributed by atoms with Crippen molar-refractivity contribution in [2.45, 2.75) is 84.8 Å². The molecule has 6 N–H and O–H groups in total. The van der Waals surface area contributed by atoms with E-state index in [-0.39, 0.29) is 42.5 Å². The zero-order chi connectivity index (χ0) is 29.7. The van der Waals surface area contributed by atoms with E-state index in [9.17, 15) is 14.5 Å². The lowest BCUT2D eigenvalue weighted by Gasteiger charge is -2.52. The molecule has 2 aliphatic heterocycles. The Morgan fingerprint density at radius 2 is 1.95 bits per heavy atom. The third kappa shape index (κ3) is 10.9. The number of hydrogen-bond donors (Lipinski definition) is 5. The lowest BCUT2D eigenvalue weighted by atomic mass is 9.54. The number of nitrogens with one attached hydrogen (secondary N) is 4. The SMILES string of the molecule is COCCOCC(=O)N[C@@H](CCC[NH+]=C(N)NN=O)C(=O)N[C@@H](CC(C)C)B1OC[C@H]2C[C@@H](CC(C)O1)C2(C)C. The first-order valence-electron chi connectivity index (χ1n) is 14.4. The molecule has 0 radical (unpaired) electrons. The Hall–Kier alpha value is -2.29. The van der Waals surface area contributed by atoms with Gasteiger partial charge in [-0.2, -0.15) is 0 Å². The number of carbonyl (C=O) groups excluding carboxylic acids is 2. The fourth-order valence-electron chi connectivity index (χ4n) is 5.41. The molecule has 13 nitrogen and oxygen atoms in total. The molecular weight excluding hydrogens is 519 g/mol. The van der Waals surface area contributed by atoms with Gasteiger partial charge in [-0.25, -0.2) is 0 Å². The molecule has 0 aromatic heterocycles. The van der Waals surface area contributed by atoms with Gasteiger partial charge in [0.15, 0.2) is 0 Å². The van der Waals surface area contributed by atoms with Gasteiger partial charge in [-0.05, 0) is 62.2 Å². The summed E-state index contributed by atoms with van der Waals surface area (Å²) in [5, 5.41) is 8.42. The first-order chi connectivity index (χ1) is 19.0. The molecule has 0 aromatic carbocycles. The standard InChI is InChI=1S/C26H49BN6O7/c1-17(2)12-22(27-39-15-20-14-19(26(20,4)5)13-18(3)40-27)31-24(35)21(8-7-9-29-25(28)32-33-36)30-23(34)16-38-11-10-37-6/h17-22H,7-16H2,1-6H3,(H,30,34)(H,31,35)(H3,28,29,32,36)/p+1/t18?,19-,20-,21+,22+/m1/s1. The number of fused-ring (bicyclic) bond motifs is 5. The summed E-state index contributed by atoms with van der Waals surface area (Å²) in [6.07, 6.45) is 3.52. The molecule has 0 spiro atoms. The van der Waals surface area contributed by atoms with E-state index in [1.54, 1.807) is 7.11 Å². The van der Waals surface area contributed by atoms with Crippen molar-refractivity contribution in [3.63, 3.8) is 0 Å². The predicted octanol–water partition coefficient (Wildman–Crippen LogP) is -0.373. The van der Waals surface area contributed by atoms with Crippen molar-refractivity contribution in [3.8, 4) is 0 Å². The highest BCUT2D eigenvalue weighted by atomic mass is 16.6. The normalized spacial score (nSPS) is 24.1. The molecule has 3 fully saturated rings. The van der Waals surface area contributed by atoms with Crippen molar-refractivity contribution in [1.82, 2.24) is 16.1 Å². The minimum atomic E-state index is -0.825. The lowest BCUT2D eigenvalue weighted by Crippen LogP contribution is -2.78. The van der Waals surface area contributed by atoms with Crippen LogP contribution in [0.2, 0.25) is 0 Å². The fraction of sp³-hybridized carbons (Fsp3) is 0.885. The van der Waals surface area contributed by atoms with E-state index in [2.05, 4.69) is 61.0 Å². The van der Waals surface area contributed by atoms with Crippen molar-refractivity contribution in [2.75, 3.05) is 40.1 Å². The maximum atomic E-state index is 13.6. The second-order valence-electron chi connectivity index (χ2n) is 11.9. The summed E-state index contributed by atoms with van der Waals surface area (Å²) in [7, 11) is 0.953. The summed E-state index contributed by atoms with van der Waals surface area (Å²) in [6, 6.07) is -0.825. The number of carbonyl (C=O) groups is 2. The highest BCUT2D eigenvalue weighted by Gasteiger charge is 2.50. The number of nitrogens with two attached hydrogens (primary N) is 1. The Balaban J connectivity index is 2.11. The topological polar surface area (TPSA) is 177 Å². The molecule has 40 heavy (non-hydrogen) atoms. The summed E-state index contributed by atoms with van der Waals surface area (Å²) in [5.41, 5.74) is 7.87. The number of nitrogens with zero attached hydrogens (tertiary/aromatic N) is 1. The van der Waals surface area contributed by atoms with Crippen LogP contribution in [0, 0.1) is 28.1 Å². The smallest absolute Gasteiger partial charge is 0.410 e. The van der Waals surface area contributed by atoms with Gasteiger partial charge < -0.3 is 29.4 Å². The molecular formula is C26H50BN6O7+. The van der Waals surface area contributed by atoms with Gasteiger partial charge in [-0.1, -0.05) is 27.7 Å². The van der Waals surface area contributed by atoms with Crippen LogP contribution in [0.5, 0.6) is 0 Å². The van der Waals surface area contributed by atoms with E-state index < -0.39 is 25.0 Å². The van der Waals surface area contributed by atoms with Crippen LogP contribution in [0.4, 0.5) is 0 Å². The van der Waals surface area contributed by atoms with Gasteiger partial charge in [0.25, 0.3) is 0 Å². The third-order valence-electron chi connectivity index (χ3n) is 7.97. The molecule has 228 valence electrons. The van der Waals surface area contributed by atoms with Gasteiger partial charge in [-0.3, -0.25) is 20.3 Å². The summed E-state index contributed by atoms with van der Waals surface area (Å²) in [6.45, 7) is 12.2. The molecule has 2 heterocycles. The molecule has 3 rings (SSSR count). The minimum Gasteiger partial charge on any atom is -0.410 e. The van der Waals surface area contributed by atoms with Crippen LogP contribution in [0.1, 0.15) is 66.7 Å². The van der Waals surface area contributed by atoms with Crippen LogP contribution in [0.15, 0.2) is 5.29 Å². The average molecular weight is 570 g/mol. The zero-order valence-corrected chi connectivity index (χ0v) is 25.0. The van der Waals surface area contributed by atoms with Gasteiger partial charge in [0.2, 0.25) is 11.8 Å². The maximum absolute atomic E-state index is 13.6. The largest absolute Gasteiger partial charge is 0.481 e. The number of guanidine groups is 1. The molecule has 14 heteroatoms. The lowest BCUT2D eigenvalue weighted by molar-refractivity contribution is -0.461. The highest BCUT2D eigenvalue weighted by Crippen LogP contribution is 2.54. The number of methoxy groups -OCH3 is 1. The first-order valence-corrected chi connectivity index (χ1v) is 14.4. The number of nitroso groups, excluding NO2 is 1. The molecule has 1 saturated carbocycles.